The van der Waals surface area contributed by atoms with Crippen molar-refractivity contribution in [2.45, 2.75) is 13.8 Å². The maximum Gasteiger partial charge on any atom is 0.185 e. The number of hydrogen-bond acceptors (Lipinski definition) is 3. The topological polar surface area (TPSA) is 50.1 Å². The third-order valence-corrected chi connectivity index (χ3v) is 3.40. The third kappa shape index (κ3) is 4.07. The molecule has 0 unspecified atom stereocenters. The molecule has 0 aliphatic heterocycles. The Morgan fingerprint density at radius 1 is 1.14 bits per heavy atom. The molecule has 0 bridgehead atoms. The van der Waals surface area contributed by atoms with Gasteiger partial charge in [-0.05, 0) is 60.9 Å². The van der Waals surface area contributed by atoms with Crippen LogP contribution < -0.4 is 4.74 Å². The lowest BCUT2D eigenvalue weighted by Crippen LogP contribution is -1.96. The van der Waals surface area contributed by atoms with Gasteiger partial charge in [0.15, 0.2) is 12.4 Å². The average Bonchev–Trinajstić information content (AvgIpc) is 2.54. The standard InChI is InChI=1S/C19H17NO2/c1-14-3-4-16(13-15(14)2)5-10-19(21)17-6-8-18(9-7-17)22-12-11-20/h3-10,13H,12H2,1-2H3/b10-5+. The first-order chi connectivity index (χ1) is 10.6. The van der Waals surface area contributed by atoms with Gasteiger partial charge in [0.2, 0.25) is 0 Å². The van der Waals surface area contributed by atoms with Gasteiger partial charge in [-0.2, -0.15) is 5.26 Å². The molecule has 0 fully saturated rings. The van der Waals surface area contributed by atoms with E-state index in [2.05, 4.69) is 19.9 Å². The molecular weight excluding hydrogens is 274 g/mol. The minimum atomic E-state index is -0.0648. The maximum atomic E-state index is 12.1. The van der Waals surface area contributed by atoms with E-state index in [4.69, 9.17) is 10.00 Å². The second-order valence-electron chi connectivity index (χ2n) is 5.01. The molecule has 22 heavy (non-hydrogen) atoms. The third-order valence-electron chi connectivity index (χ3n) is 3.40. The van der Waals surface area contributed by atoms with Gasteiger partial charge >= 0.3 is 0 Å². The van der Waals surface area contributed by atoms with Crippen LogP contribution in [0, 0.1) is 25.2 Å². The highest BCUT2D eigenvalue weighted by molar-refractivity contribution is 6.06. The smallest absolute Gasteiger partial charge is 0.185 e. The van der Waals surface area contributed by atoms with Gasteiger partial charge in [-0.3, -0.25) is 4.79 Å². The zero-order chi connectivity index (χ0) is 15.9. The van der Waals surface area contributed by atoms with Gasteiger partial charge in [0, 0.05) is 5.56 Å². The Kier molecular flexibility index (Phi) is 5.11. The van der Waals surface area contributed by atoms with Gasteiger partial charge in [-0.15, -0.1) is 0 Å². The number of carbonyl (C=O) groups is 1. The number of nitriles is 1. The zero-order valence-corrected chi connectivity index (χ0v) is 12.7. The number of rotatable bonds is 5. The summed E-state index contributed by atoms with van der Waals surface area (Å²) >= 11 is 0. The van der Waals surface area contributed by atoms with Gasteiger partial charge in [-0.1, -0.05) is 24.3 Å². The van der Waals surface area contributed by atoms with Crippen LogP contribution in [0.3, 0.4) is 0 Å². The lowest BCUT2D eigenvalue weighted by Gasteiger charge is -2.02. The number of aryl methyl sites for hydroxylation is 2. The molecule has 0 saturated heterocycles. The Labute approximate surface area is 130 Å². The summed E-state index contributed by atoms with van der Waals surface area (Å²) in [4.78, 5) is 12.1. The molecule has 0 spiro atoms. The van der Waals surface area contributed by atoms with E-state index in [-0.39, 0.29) is 12.4 Å². The summed E-state index contributed by atoms with van der Waals surface area (Å²) in [5.41, 5.74) is 4.03. The van der Waals surface area contributed by atoms with E-state index in [1.54, 1.807) is 30.3 Å². The van der Waals surface area contributed by atoms with Crippen LogP contribution >= 0.6 is 0 Å². The van der Waals surface area contributed by atoms with E-state index in [0.717, 1.165) is 5.56 Å². The largest absolute Gasteiger partial charge is 0.479 e. The SMILES string of the molecule is Cc1ccc(/C=C/C(=O)c2ccc(OCC#N)cc2)cc1C. The number of benzene rings is 2. The molecular formula is C19H17NO2. The van der Waals surface area contributed by atoms with E-state index in [1.807, 2.05) is 24.3 Å². The molecule has 0 aliphatic carbocycles. The zero-order valence-electron chi connectivity index (χ0n) is 12.7. The number of hydrogen-bond donors (Lipinski definition) is 0. The number of nitrogens with zero attached hydrogens (tertiary/aromatic N) is 1. The minimum absolute atomic E-state index is 0.0000289. The number of carbonyl (C=O) groups excluding carboxylic acids is 1. The molecule has 3 heteroatoms. The second kappa shape index (κ2) is 7.24. The van der Waals surface area contributed by atoms with E-state index in [1.165, 1.54) is 11.1 Å². The molecule has 0 radical (unpaired) electrons. The highest BCUT2D eigenvalue weighted by atomic mass is 16.5. The first-order valence-corrected chi connectivity index (χ1v) is 6.99. The highest BCUT2D eigenvalue weighted by Gasteiger charge is 2.02. The molecule has 0 aliphatic rings. The van der Waals surface area contributed by atoms with Crippen molar-refractivity contribution in [1.29, 1.82) is 5.26 Å². The maximum absolute atomic E-state index is 12.1. The Hall–Kier alpha value is -2.86. The second-order valence-corrected chi connectivity index (χ2v) is 5.01. The van der Waals surface area contributed by atoms with Crippen molar-refractivity contribution in [3.05, 3.63) is 70.8 Å². The van der Waals surface area contributed by atoms with E-state index in [9.17, 15) is 4.79 Å². The van der Waals surface area contributed by atoms with Gasteiger partial charge in [0.25, 0.3) is 0 Å². The lowest BCUT2D eigenvalue weighted by molar-refractivity contribution is 0.104. The Morgan fingerprint density at radius 3 is 2.50 bits per heavy atom. The Balaban J connectivity index is 2.06. The van der Waals surface area contributed by atoms with Gasteiger partial charge in [-0.25, -0.2) is 0 Å². The van der Waals surface area contributed by atoms with E-state index < -0.39 is 0 Å². The average molecular weight is 291 g/mol. The summed E-state index contributed by atoms with van der Waals surface area (Å²) in [6, 6.07) is 14.8. The molecule has 0 saturated carbocycles. The molecule has 0 amide bonds. The number of allylic oxidation sites excluding steroid dienone is 1. The highest BCUT2D eigenvalue weighted by Crippen LogP contribution is 2.14. The fourth-order valence-corrected chi connectivity index (χ4v) is 1.97. The fraction of sp³-hybridized carbons (Fsp3) is 0.158. The quantitative estimate of drug-likeness (QED) is 0.615. The molecule has 0 aromatic heterocycles. The molecule has 2 aromatic carbocycles. The van der Waals surface area contributed by atoms with E-state index in [0.29, 0.717) is 11.3 Å². The monoisotopic (exact) mass is 291 g/mol. The van der Waals surface area contributed by atoms with Crippen molar-refractivity contribution in [3.8, 4) is 11.8 Å². The van der Waals surface area contributed by atoms with Crippen LogP contribution in [-0.2, 0) is 0 Å². The predicted molar refractivity (Wildman–Crippen MR) is 86.8 cm³/mol. The summed E-state index contributed by atoms with van der Waals surface area (Å²) in [7, 11) is 0. The molecule has 0 N–H and O–H groups in total. The molecule has 2 rings (SSSR count). The molecule has 3 nitrogen and oxygen atoms in total. The number of ketones is 1. The first-order valence-electron chi connectivity index (χ1n) is 6.99. The number of ether oxygens (including phenoxy) is 1. The van der Waals surface area contributed by atoms with Gasteiger partial charge in [0.05, 0.1) is 0 Å². The summed E-state index contributed by atoms with van der Waals surface area (Å²) < 4.78 is 5.15. The normalized spacial score (nSPS) is 10.4. The van der Waals surface area contributed by atoms with Gasteiger partial charge < -0.3 is 4.74 Å². The van der Waals surface area contributed by atoms with E-state index >= 15 is 0 Å². The Morgan fingerprint density at radius 2 is 1.86 bits per heavy atom. The van der Waals surface area contributed by atoms with Crippen LogP contribution in [0.4, 0.5) is 0 Å². The molecule has 0 atom stereocenters. The summed E-state index contributed by atoms with van der Waals surface area (Å²) in [6.45, 7) is 4.11. The van der Waals surface area contributed by atoms with Crippen molar-refractivity contribution in [3.63, 3.8) is 0 Å². The van der Waals surface area contributed by atoms with Crippen LogP contribution in [0.25, 0.3) is 6.08 Å². The fourth-order valence-electron chi connectivity index (χ4n) is 1.97. The molecule has 2 aromatic rings. The Bertz CT molecular complexity index is 737. The lowest BCUT2D eigenvalue weighted by atomic mass is 10.0. The molecule has 110 valence electrons. The van der Waals surface area contributed by atoms with Crippen molar-refractivity contribution in [2.75, 3.05) is 6.61 Å². The van der Waals surface area contributed by atoms with Gasteiger partial charge in [0.1, 0.15) is 11.8 Å². The van der Waals surface area contributed by atoms with Crippen molar-refractivity contribution >= 4 is 11.9 Å². The van der Waals surface area contributed by atoms with Crippen LogP contribution in [-0.4, -0.2) is 12.4 Å². The summed E-state index contributed by atoms with van der Waals surface area (Å²) in [5, 5.41) is 8.45. The van der Waals surface area contributed by atoms with Crippen LogP contribution in [0.15, 0.2) is 48.5 Å². The first kappa shape index (κ1) is 15.5. The predicted octanol–water partition coefficient (Wildman–Crippen LogP) is 4.10. The minimum Gasteiger partial charge on any atom is -0.479 e. The van der Waals surface area contributed by atoms with Crippen LogP contribution in [0.2, 0.25) is 0 Å². The molecule has 0 heterocycles. The van der Waals surface area contributed by atoms with Crippen molar-refractivity contribution in [2.24, 2.45) is 0 Å². The van der Waals surface area contributed by atoms with Crippen LogP contribution in [0.1, 0.15) is 27.0 Å². The summed E-state index contributed by atoms with van der Waals surface area (Å²) in [6.07, 6.45) is 3.38. The van der Waals surface area contributed by atoms with Crippen LogP contribution in [0.5, 0.6) is 5.75 Å². The van der Waals surface area contributed by atoms with Crippen molar-refractivity contribution < 1.29 is 9.53 Å². The van der Waals surface area contributed by atoms with Crippen molar-refractivity contribution in [1.82, 2.24) is 0 Å². The summed E-state index contributed by atoms with van der Waals surface area (Å²) in [5.74, 6) is 0.515.